The highest BCUT2D eigenvalue weighted by Crippen LogP contribution is 2.40. The Morgan fingerprint density at radius 1 is 1.03 bits per heavy atom. The summed E-state index contributed by atoms with van der Waals surface area (Å²) in [5.74, 6) is 0.587. The quantitative estimate of drug-likeness (QED) is 0.442. The van der Waals surface area contributed by atoms with E-state index in [1.54, 1.807) is 12.1 Å². The second kappa shape index (κ2) is 12.2. The average Bonchev–Trinajstić information content (AvgIpc) is 3.52. The summed E-state index contributed by atoms with van der Waals surface area (Å²) in [6.45, 7) is 5.02. The molecule has 0 aliphatic heterocycles. The zero-order valence-electron chi connectivity index (χ0n) is 18.7. The van der Waals surface area contributed by atoms with Crippen LogP contribution in [0.2, 0.25) is 0 Å². The molecule has 0 saturated heterocycles. The van der Waals surface area contributed by atoms with E-state index in [2.05, 4.69) is 24.5 Å². The maximum atomic E-state index is 12.7. The normalized spacial score (nSPS) is 16.3. The first-order valence-electron chi connectivity index (χ1n) is 11.3. The van der Waals surface area contributed by atoms with Crippen LogP contribution in [0.25, 0.3) is 0 Å². The Morgan fingerprint density at radius 3 is 2.23 bits per heavy atom. The number of aliphatic hydroxyl groups excluding tert-OH is 1. The van der Waals surface area contributed by atoms with E-state index in [4.69, 9.17) is 0 Å². The Bertz CT molecular complexity index is 779. The predicted molar refractivity (Wildman–Crippen MR) is 130 cm³/mol. The monoisotopic (exact) mass is 444 g/mol. The van der Waals surface area contributed by atoms with E-state index in [0.717, 1.165) is 17.9 Å². The molecule has 170 valence electrons. The van der Waals surface area contributed by atoms with Crippen LogP contribution < -0.4 is 10.6 Å². The van der Waals surface area contributed by atoms with Crippen LogP contribution in [0.3, 0.4) is 0 Å². The van der Waals surface area contributed by atoms with E-state index in [9.17, 15) is 9.90 Å². The number of hydrogen-bond acceptors (Lipinski definition) is 3. The van der Waals surface area contributed by atoms with Crippen molar-refractivity contribution in [1.29, 1.82) is 0 Å². The van der Waals surface area contributed by atoms with Crippen molar-refractivity contribution in [2.45, 2.75) is 70.1 Å². The lowest BCUT2D eigenvalue weighted by molar-refractivity contribution is 0.0821. The van der Waals surface area contributed by atoms with Crippen molar-refractivity contribution < 1.29 is 9.90 Å². The lowest BCUT2D eigenvalue weighted by Crippen LogP contribution is -2.50. The van der Waals surface area contributed by atoms with Crippen LogP contribution in [0.1, 0.15) is 61.9 Å². The van der Waals surface area contributed by atoms with Gasteiger partial charge in [-0.05, 0) is 49.3 Å². The number of halogens is 1. The predicted octanol–water partition coefficient (Wildman–Crippen LogP) is 4.76. The second-order valence-electron chi connectivity index (χ2n) is 9.15. The summed E-state index contributed by atoms with van der Waals surface area (Å²) >= 11 is 0. The number of aliphatic hydroxyl groups is 1. The molecule has 1 fully saturated rings. The SMILES string of the molecule is CC(C)CCCC1(NC[C@H](O)[C@H](Cc2ccccc2)NC(=O)c2ccccc2)CC1.Cl. The van der Waals surface area contributed by atoms with E-state index < -0.39 is 6.10 Å². The topological polar surface area (TPSA) is 61.4 Å². The van der Waals surface area contributed by atoms with Crippen LogP contribution in [0.4, 0.5) is 0 Å². The Kier molecular flexibility index (Phi) is 10.0. The van der Waals surface area contributed by atoms with Crippen LogP contribution in [0, 0.1) is 5.92 Å². The summed E-state index contributed by atoms with van der Waals surface area (Å²) in [4.78, 5) is 12.7. The molecule has 1 aliphatic carbocycles. The van der Waals surface area contributed by atoms with Gasteiger partial charge in [0.25, 0.3) is 5.91 Å². The molecule has 0 aromatic heterocycles. The minimum atomic E-state index is -0.652. The first-order chi connectivity index (χ1) is 14.5. The Labute approximate surface area is 193 Å². The minimum Gasteiger partial charge on any atom is -0.390 e. The second-order valence-corrected chi connectivity index (χ2v) is 9.15. The fourth-order valence-electron chi connectivity index (χ4n) is 3.97. The van der Waals surface area contributed by atoms with Gasteiger partial charge in [0.05, 0.1) is 12.1 Å². The van der Waals surface area contributed by atoms with E-state index in [0.29, 0.717) is 18.5 Å². The third kappa shape index (κ3) is 8.29. The van der Waals surface area contributed by atoms with Gasteiger partial charge in [0.15, 0.2) is 0 Å². The first-order valence-corrected chi connectivity index (χ1v) is 11.3. The number of nitrogens with one attached hydrogen (secondary N) is 2. The third-order valence-electron chi connectivity index (χ3n) is 6.09. The Morgan fingerprint density at radius 2 is 1.65 bits per heavy atom. The van der Waals surface area contributed by atoms with Crippen LogP contribution >= 0.6 is 12.4 Å². The summed E-state index contributed by atoms with van der Waals surface area (Å²) in [6, 6.07) is 18.9. The Balaban J connectivity index is 0.00000341. The number of benzene rings is 2. The van der Waals surface area contributed by atoms with Crippen molar-refractivity contribution in [1.82, 2.24) is 10.6 Å². The molecule has 0 unspecified atom stereocenters. The highest BCUT2D eigenvalue weighted by molar-refractivity contribution is 5.94. The molecule has 4 nitrogen and oxygen atoms in total. The summed E-state index contributed by atoms with van der Waals surface area (Å²) in [6.07, 6.45) is 5.93. The number of carbonyl (C=O) groups is 1. The molecule has 5 heteroatoms. The maximum absolute atomic E-state index is 12.7. The van der Waals surface area contributed by atoms with Crippen LogP contribution in [0.15, 0.2) is 60.7 Å². The number of rotatable bonds is 12. The van der Waals surface area contributed by atoms with Gasteiger partial charge in [0, 0.05) is 17.6 Å². The molecule has 0 bridgehead atoms. The van der Waals surface area contributed by atoms with Crippen molar-refractivity contribution in [2.24, 2.45) is 5.92 Å². The summed E-state index contributed by atoms with van der Waals surface area (Å²) in [5, 5.41) is 17.7. The maximum Gasteiger partial charge on any atom is 0.251 e. The lowest BCUT2D eigenvalue weighted by atomic mass is 9.99. The van der Waals surface area contributed by atoms with E-state index >= 15 is 0 Å². The molecule has 2 aromatic rings. The van der Waals surface area contributed by atoms with Gasteiger partial charge in [0.1, 0.15) is 0 Å². The smallest absolute Gasteiger partial charge is 0.251 e. The van der Waals surface area contributed by atoms with Crippen molar-refractivity contribution >= 4 is 18.3 Å². The zero-order valence-corrected chi connectivity index (χ0v) is 19.5. The average molecular weight is 445 g/mol. The van der Waals surface area contributed by atoms with Gasteiger partial charge in [-0.15, -0.1) is 12.4 Å². The lowest BCUT2D eigenvalue weighted by Gasteiger charge is -2.27. The largest absolute Gasteiger partial charge is 0.390 e. The van der Waals surface area contributed by atoms with Crippen LogP contribution in [-0.4, -0.2) is 35.2 Å². The van der Waals surface area contributed by atoms with Crippen molar-refractivity contribution in [3.05, 3.63) is 71.8 Å². The van der Waals surface area contributed by atoms with Crippen molar-refractivity contribution in [2.75, 3.05) is 6.54 Å². The fourth-order valence-corrected chi connectivity index (χ4v) is 3.97. The molecular weight excluding hydrogens is 408 g/mol. The molecule has 1 amide bonds. The summed E-state index contributed by atoms with van der Waals surface area (Å²) in [5.41, 5.74) is 1.91. The van der Waals surface area contributed by atoms with Crippen molar-refractivity contribution in [3.63, 3.8) is 0 Å². The molecule has 0 radical (unpaired) electrons. The van der Waals surface area contributed by atoms with Gasteiger partial charge in [-0.2, -0.15) is 0 Å². The first kappa shape index (κ1) is 25.4. The Hall–Kier alpha value is -1.88. The molecular formula is C26H37ClN2O2. The molecule has 1 aliphatic rings. The molecule has 0 spiro atoms. The number of β-amino-alcohol motifs (C(OH)–C–C–N with tert-alkyl or cyclic N) is 1. The molecule has 1 saturated carbocycles. The van der Waals surface area contributed by atoms with Gasteiger partial charge in [-0.3, -0.25) is 4.79 Å². The molecule has 31 heavy (non-hydrogen) atoms. The molecule has 2 aromatic carbocycles. The van der Waals surface area contributed by atoms with E-state index in [-0.39, 0.29) is 29.9 Å². The zero-order chi connectivity index (χ0) is 21.4. The summed E-state index contributed by atoms with van der Waals surface area (Å²) in [7, 11) is 0. The minimum absolute atomic E-state index is 0. The van der Waals surface area contributed by atoms with Gasteiger partial charge in [0.2, 0.25) is 0 Å². The molecule has 3 rings (SSSR count). The fraction of sp³-hybridized carbons (Fsp3) is 0.500. The number of hydrogen-bond donors (Lipinski definition) is 3. The van der Waals surface area contributed by atoms with E-state index in [1.165, 1.54) is 25.7 Å². The molecule has 0 heterocycles. The van der Waals surface area contributed by atoms with Gasteiger partial charge < -0.3 is 15.7 Å². The molecule has 3 N–H and O–H groups in total. The van der Waals surface area contributed by atoms with Crippen LogP contribution in [-0.2, 0) is 6.42 Å². The van der Waals surface area contributed by atoms with Gasteiger partial charge in [-0.1, -0.05) is 75.2 Å². The third-order valence-corrected chi connectivity index (χ3v) is 6.09. The van der Waals surface area contributed by atoms with E-state index in [1.807, 2.05) is 48.5 Å². The standard InChI is InChI=1S/C26H36N2O2.ClH/c1-20(2)10-9-15-26(16-17-26)27-19-24(29)23(18-21-11-5-3-6-12-21)28-25(30)22-13-7-4-8-14-22;/h3-8,11-14,20,23-24,27,29H,9-10,15-19H2,1-2H3,(H,28,30);1H/t23-,24-;/m0./s1. The number of carbonyl (C=O) groups excluding carboxylic acids is 1. The van der Waals surface area contributed by atoms with Gasteiger partial charge in [-0.25, -0.2) is 0 Å². The van der Waals surface area contributed by atoms with Gasteiger partial charge >= 0.3 is 0 Å². The van der Waals surface area contributed by atoms with Crippen LogP contribution in [0.5, 0.6) is 0 Å². The van der Waals surface area contributed by atoms with Crippen molar-refractivity contribution in [3.8, 4) is 0 Å². The number of amides is 1. The highest BCUT2D eigenvalue weighted by Gasteiger charge is 2.42. The summed E-state index contributed by atoms with van der Waals surface area (Å²) < 4.78 is 0. The highest BCUT2D eigenvalue weighted by atomic mass is 35.5. The molecule has 2 atom stereocenters.